The predicted octanol–water partition coefficient (Wildman–Crippen LogP) is 0.998. The molecule has 0 aliphatic carbocycles. The summed E-state index contributed by atoms with van der Waals surface area (Å²) < 4.78 is 27.8. The first-order valence-electron chi connectivity index (χ1n) is 5.00. The first-order valence-corrected chi connectivity index (χ1v) is 5.00. The van der Waals surface area contributed by atoms with Gasteiger partial charge in [-0.05, 0) is 12.8 Å². The molecule has 0 spiro atoms. The van der Waals surface area contributed by atoms with Gasteiger partial charge in [0.05, 0.1) is 6.04 Å². The van der Waals surface area contributed by atoms with Crippen molar-refractivity contribution in [3.63, 3.8) is 0 Å². The number of carbonyl (C=O) groups excluding carboxylic acids is 2. The zero-order chi connectivity index (χ0) is 12.7. The third kappa shape index (κ3) is 6.44. The number of carbonyl (C=O) groups is 2. The number of alkyl halides is 2. The largest absolute Gasteiger partial charge is 0.366 e. The molecular formula is C10H17F2NO3. The number of halogens is 2. The number of amides is 1. The van der Waals surface area contributed by atoms with Crippen molar-refractivity contribution in [2.45, 2.75) is 33.2 Å². The lowest BCUT2D eigenvalue weighted by molar-refractivity contribution is -0.131. The van der Waals surface area contributed by atoms with Gasteiger partial charge < -0.3 is 10.1 Å². The molecule has 4 nitrogen and oxygen atoms in total. The van der Waals surface area contributed by atoms with Crippen LogP contribution in [0, 0.1) is 5.92 Å². The maximum Gasteiger partial charge on any atom is 0.261 e. The van der Waals surface area contributed by atoms with Gasteiger partial charge in [0.15, 0.2) is 5.78 Å². The fourth-order valence-electron chi connectivity index (χ4n) is 1.19. The van der Waals surface area contributed by atoms with Crippen LogP contribution in [0.2, 0.25) is 0 Å². The van der Waals surface area contributed by atoms with Crippen LogP contribution in [0.25, 0.3) is 0 Å². The van der Waals surface area contributed by atoms with Crippen LogP contribution in [0.5, 0.6) is 0 Å². The van der Waals surface area contributed by atoms with Gasteiger partial charge in [-0.25, -0.2) is 8.78 Å². The smallest absolute Gasteiger partial charge is 0.261 e. The number of ether oxygens (including phenoxy) is 1. The number of rotatable bonds is 7. The summed E-state index contributed by atoms with van der Waals surface area (Å²) in [5, 5.41) is 2.43. The van der Waals surface area contributed by atoms with E-state index < -0.39 is 31.6 Å². The molecule has 0 saturated carbocycles. The molecule has 0 aliphatic heterocycles. The lowest BCUT2D eigenvalue weighted by Gasteiger charge is -2.19. The fourth-order valence-corrected chi connectivity index (χ4v) is 1.19. The van der Waals surface area contributed by atoms with E-state index >= 15 is 0 Å². The molecule has 0 aromatic rings. The van der Waals surface area contributed by atoms with E-state index in [1.54, 1.807) is 13.8 Å². The van der Waals surface area contributed by atoms with Crippen LogP contribution >= 0.6 is 0 Å². The van der Waals surface area contributed by atoms with Crippen LogP contribution in [0.15, 0.2) is 0 Å². The van der Waals surface area contributed by atoms with E-state index in [4.69, 9.17) is 0 Å². The third-order valence-electron chi connectivity index (χ3n) is 1.90. The van der Waals surface area contributed by atoms with Gasteiger partial charge in [0.2, 0.25) is 5.91 Å². The van der Waals surface area contributed by atoms with Crippen LogP contribution in [0.1, 0.15) is 20.8 Å². The molecule has 0 saturated heterocycles. The lowest BCUT2D eigenvalue weighted by atomic mass is 10.0. The van der Waals surface area contributed by atoms with Crippen molar-refractivity contribution in [2.75, 3.05) is 13.2 Å². The lowest BCUT2D eigenvalue weighted by Crippen LogP contribution is -2.44. The van der Waals surface area contributed by atoms with Gasteiger partial charge in [-0.15, -0.1) is 0 Å². The molecule has 1 N–H and O–H groups in total. The summed E-state index contributed by atoms with van der Waals surface area (Å²) in [4.78, 5) is 22.3. The molecule has 0 bridgehead atoms. The summed E-state index contributed by atoms with van der Waals surface area (Å²) in [5.74, 6) is -0.775. The number of hydrogen-bond acceptors (Lipinski definition) is 3. The van der Waals surface area contributed by atoms with Crippen molar-refractivity contribution < 1.29 is 23.1 Å². The van der Waals surface area contributed by atoms with Crippen LogP contribution in [-0.4, -0.2) is 37.4 Å². The van der Waals surface area contributed by atoms with E-state index in [1.807, 2.05) is 0 Å². The zero-order valence-corrected chi connectivity index (χ0v) is 9.63. The quantitative estimate of drug-likeness (QED) is 0.718. The van der Waals surface area contributed by atoms with Crippen molar-refractivity contribution >= 4 is 11.7 Å². The van der Waals surface area contributed by atoms with Crippen molar-refractivity contribution in [3.8, 4) is 0 Å². The standard InChI is InChI=1S/C10H17F2NO3/c1-6(2)10(7(3)14)13-9(15)5-16-4-8(11)12/h6,8,10H,4-5H2,1-3H3,(H,13,15). The van der Waals surface area contributed by atoms with Crippen molar-refractivity contribution in [1.29, 1.82) is 0 Å². The summed E-state index contributed by atoms with van der Waals surface area (Å²) in [6.07, 6.45) is -2.60. The first-order chi connectivity index (χ1) is 7.34. The molecule has 1 amide bonds. The summed E-state index contributed by atoms with van der Waals surface area (Å²) in [6.45, 7) is 3.70. The monoisotopic (exact) mass is 237 g/mol. The minimum atomic E-state index is -2.60. The molecule has 0 aromatic heterocycles. The van der Waals surface area contributed by atoms with Crippen LogP contribution in [0.4, 0.5) is 8.78 Å². The Labute approximate surface area is 93.3 Å². The Morgan fingerprint density at radius 3 is 2.25 bits per heavy atom. The first kappa shape index (κ1) is 15.0. The van der Waals surface area contributed by atoms with Gasteiger partial charge in [-0.3, -0.25) is 9.59 Å². The summed E-state index contributed by atoms with van der Waals surface area (Å²) in [6, 6.07) is -0.595. The molecule has 0 aromatic carbocycles. The molecule has 1 unspecified atom stereocenters. The van der Waals surface area contributed by atoms with Gasteiger partial charge in [-0.1, -0.05) is 13.8 Å². The zero-order valence-electron chi connectivity index (χ0n) is 9.63. The van der Waals surface area contributed by atoms with Crippen LogP contribution in [-0.2, 0) is 14.3 Å². The molecule has 6 heteroatoms. The van der Waals surface area contributed by atoms with Crippen molar-refractivity contribution in [3.05, 3.63) is 0 Å². The van der Waals surface area contributed by atoms with E-state index in [-0.39, 0.29) is 11.7 Å². The Morgan fingerprint density at radius 1 is 1.31 bits per heavy atom. The predicted molar refractivity (Wildman–Crippen MR) is 54.3 cm³/mol. The maximum atomic E-state index is 11.7. The van der Waals surface area contributed by atoms with Crippen molar-refractivity contribution in [2.24, 2.45) is 5.92 Å². The van der Waals surface area contributed by atoms with E-state index in [0.29, 0.717) is 0 Å². The highest BCUT2D eigenvalue weighted by Gasteiger charge is 2.20. The van der Waals surface area contributed by atoms with Gasteiger partial charge in [0, 0.05) is 0 Å². The van der Waals surface area contributed by atoms with Gasteiger partial charge >= 0.3 is 0 Å². The number of hydrogen-bond donors (Lipinski definition) is 1. The molecule has 1 atom stereocenters. The average Bonchev–Trinajstić information content (AvgIpc) is 2.12. The minimum Gasteiger partial charge on any atom is -0.366 e. The van der Waals surface area contributed by atoms with Crippen LogP contribution < -0.4 is 5.32 Å². The second-order valence-electron chi connectivity index (χ2n) is 3.81. The average molecular weight is 237 g/mol. The third-order valence-corrected chi connectivity index (χ3v) is 1.90. The Kier molecular flexibility index (Phi) is 6.80. The summed E-state index contributed by atoms with van der Waals surface area (Å²) >= 11 is 0. The van der Waals surface area contributed by atoms with E-state index in [1.165, 1.54) is 6.92 Å². The normalized spacial score (nSPS) is 12.9. The highest BCUT2D eigenvalue weighted by molar-refractivity contribution is 5.88. The van der Waals surface area contributed by atoms with Gasteiger partial charge in [-0.2, -0.15) is 0 Å². The van der Waals surface area contributed by atoms with Crippen molar-refractivity contribution in [1.82, 2.24) is 5.32 Å². The molecule has 94 valence electrons. The van der Waals surface area contributed by atoms with Gasteiger partial charge in [0.1, 0.15) is 13.2 Å². The Balaban J connectivity index is 3.97. The second-order valence-corrected chi connectivity index (χ2v) is 3.81. The number of Topliss-reactive ketones (excluding diaryl/α,β-unsaturated/α-hetero) is 1. The molecule has 0 aliphatic rings. The molecule has 0 radical (unpaired) electrons. The Hall–Kier alpha value is -1.04. The Bertz CT molecular complexity index is 244. The molecule has 0 rings (SSSR count). The fraction of sp³-hybridized carbons (Fsp3) is 0.800. The molecule has 0 fully saturated rings. The summed E-state index contributed by atoms with van der Waals surface area (Å²) in [7, 11) is 0. The molecule has 16 heavy (non-hydrogen) atoms. The van der Waals surface area contributed by atoms with E-state index in [2.05, 4.69) is 10.1 Å². The highest BCUT2D eigenvalue weighted by atomic mass is 19.3. The minimum absolute atomic E-state index is 0.0449. The SMILES string of the molecule is CC(=O)C(NC(=O)COCC(F)F)C(C)C. The highest BCUT2D eigenvalue weighted by Crippen LogP contribution is 2.02. The Morgan fingerprint density at radius 2 is 1.88 bits per heavy atom. The van der Waals surface area contributed by atoms with Gasteiger partial charge in [0.25, 0.3) is 6.43 Å². The summed E-state index contributed by atoms with van der Waals surface area (Å²) in [5.41, 5.74) is 0. The maximum absolute atomic E-state index is 11.7. The number of nitrogens with one attached hydrogen (secondary N) is 1. The topological polar surface area (TPSA) is 55.4 Å². The van der Waals surface area contributed by atoms with E-state index in [9.17, 15) is 18.4 Å². The molecular weight excluding hydrogens is 220 g/mol. The molecule has 0 heterocycles. The van der Waals surface area contributed by atoms with E-state index in [0.717, 1.165) is 0 Å². The van der Waals surface area contributed by atoms with Crippen LogP contribution in [0.3, 0.4) is 0 Å². The number of ketones is 1. The second kappa shape index (κ2) is 7.27.